The Morgan fingerprint density at radius 3 is 3.00 bits per heavy atom. The van der Waals surface area contributed by atoms with Gasteiger partial charge >= 0.3 is 5.97 Å². The molecule has 1 aromatic heterocycles. The van der Waals surface area contributed by atoms with Crippen LogP contribution in [0.5, 0.6) is 0 Å². The first-order chi connectivity index (χ1) is 8.74. The number of methoxy groups -OCH3 is 1. The lowest BCUT2D eigenvalue weighted by Gasteiger charge is -2.00. The summed E-state index contributed by atoms with van der Waals surface area (Å²) in [6.45, 7) is -0.0518. The molecule has 0 saturated heterocycles. The largest absolute Gasteiger partial charge is 0.465 e. The van der Waals surface area contributed by atoms with Crippen LogP contribution in [-0.2, 0) is 11.2 Å². The fraction of sp³-hybridized carbons (Fsp3) is 0.250. The number of carbonyl (C=O) groups excluding carboxylic acids is 1. The third-order valence-corrected chi connectivity index (χ3v) is 2.32. The highest BCUT2D eigenvalue weighted by atomic mass is 16.5. The van der Waals surface area contributed by atoms with Crippen LogP contribution in [-0.4, -0.2) is 35.0 Å². The second-order valence-corrected chi connectivity index (χ2v) is 3.55. The predicted octanol–water partition coefficient (Wildman–Crippen LogP) is 1.06. The number of aliphatic hydroxyl groups is 1. The summed E-state index contributed by atoms with van der Waals surface area (Å²) in [5, 5.41) is 16.4. The molecule has 0 fully saturated rings. The number of aliphatic hydroxyl groups excluding tert-OH is 1. The molecule has 1 aromatic carbocycles. The zero-order valence-corrected chi connectivity index (χ0v) is 9.79. The van der Waals surface area contributed by atoms with Crippen LogP contribution in [0.25, 0.3) is 11.5 Å². The van der Waals surface area contributed by atoms with Crippen molar-refractivity contribution < 1.29 is 19.1 Å². The fourth-order valence-corrected chi connectivity index (χ4v) is 1.46. The number of esters is 1. The van der Waals surface area contributed by atoms with Gasteiger partial charge in [0.1, 0.15) is 0 Å². The minimum absolute atomic E-state index is 0.0518. The number of aromatic nitrogens is 2. The highest BCUT2D eigenvalue weighted by Gasteiger charge is 2.11. The van der Waals surface area contributed by atoms with E-state index in [0.717, 1.165) is 0 Å². The van der Waals surface area contributed by atoms with Crippen molar-refractivity contribution in [1.29, 1.82) is 0 Å². The Hall–Kier alpha value is -2.21. The molecule has 0 radical (unpaired) electrons. The first-order valence-electron chi connectivity index (χ1n) is 5.36. The van der Waals surface area contributed by atoms with Crippen molar-refractivity contribution in [3.05, 3.63) is 35.7 Å². The van der Waals surface area contributed by atoms with Crippen LogP contribution in [0.1, 0.15) is 16.2 Å². The molecule has 1 heterocycles. The van der Waals surface area contributed by atoms with Crippen LogP contribution < -0.4 is 0 Å². The normalized spacial score (nSPS) is 10.3. The number of carbonyl (C=O) groups is 1. The maximum atomic E-state index is 11.4. The van der Waals surface area contributed by atoms with E-state index in [0.29, 0.717) is 29.3 Å². The highest BCUT2D eigenvalue weighted by Crippen LogP contribution is 2.19. The summed E-state index contributed by atoms with van der Waals surface area (Å²) in [6, 6.07) is 6.71. The molecule has 0 amide bonds. The van der Waals surface area contributed by atoms with Crippen LogP contribution in [0.15, 0.2) is 28.7 Å². The number of ether oxygens (including phenoxy) is 1. The molecular weight excluding hydrogens is 236 g/mol. The van der Waals surface area contributed by atoms with Gasteiger partial charge in [-0.3, -0.25) is 0 Å². The molecule has 6 nitrogen and oxygen atoms in total. The molecule has 0 spiro atoms. The van der Waals surface area contributed by atoms with E-state index in [-0.39, 0.29) is 6.61 Å². The van der Waals surface area contributed by atoms with Gasteiger partial charge in [-0.2, -0.15) is 0 Å². The second kappa shape index (κ2) is 5.42. The van der Waals surface area contributed by atoms with E-state index in [4.69, 9.17) is 9.52 Å². The minimum atomic E-state index is -0.424. The Morgan fingerprint density at radius 2 is 2.28 bits per heavy atom. The molecule has 1 N–H and O–H groups in total. The van der Waals surface area contributed by atoms with E-state index < -0.39 is 5.97 Å². The summed E-state index contributed by atoms with van der Waals surface area (Å²) in [5.74, 6) is 0.243. The fourth-order valence-electron chi connectivity index (χ4n) is 1.46. The van der Waals surface area contributed by atoms with Crippen molar-refractivity contribution >= 4 is 5.97 Å². The van der Waals surface area contributed by atoms with Crippen molar-refractivity contribution in [1.82, 2.24) is 10.2 Å². The summed E-state index contributed by atoms with van der Waals surface area (Å²) < 4.78 is 9.98. The van der Waals surface area contributed by atoms with E-state index in [1.807, 2.05) is 0 Å². The molecule has 0 aliphatic heterocycles. The third kappa shape index (κ3) is 2.54. The minimum Gasteiger partial charge on any atom is -0.465 e. The Balaban J connectivity index is 2.29. The standard InChI is InChI=1S/C12H12N2O4/c1-17-12(16)9-4-2-3-8(7-9)11-14-13-10(18-11)5-6-15/h2-4,7,15H,5-6H2,1H3. The van der Waals surface area contributed by atoms with Gasteiger partial charge in [-0.15, -0.1) is 10.2 Å². The Bertz CT molecular complexity index is 551. The van der Waals surface area contributed by atoms with Crippen molar-refractivity contribution in [2.24, 2.45) is 0 Å². The van der Waals surface area contributed by atoms with E-state index in [2.05, 4.69) is 14.9 Å². The van der Waals surface area contributed by atoms with E-state index in [1.54, 1.807) is 24.3 Å². The van der Waals surface area contributed by atoms with Gasteiger partial charge in [-0.05, 0) is 18.2 Å². The molecule has 0 atom stereocenters. The van der Waals surface area contributed by atoms with Crippen molar-refractivity contribution in [2.45, 2.75) is 6.42 Å². The molecule has 18 heavy (non-hydrogen) atoms. The lowest BCUT2D eigenvalue weighted by molar-refractivity contribution is 0.0601. The molecule has 0 aliphatic carbocycles. The Morgan fingerprint density at radius 1 is 1.44 bits per heavy atom. The van der Waals surface area contributed by atoms with Gasteiger partial charge in [0, 0.05) is 12.0 Å². The molecule has 0 saturated carbocycles. The van der Waals surface area contributed by atoms with Crippen molar-refractivity contribution in [2.75, 3.05) is 13.7 Å². The highest BCUT2D eigenvalue weighted by molar-refractivity contribution is 5.90. The quantitative estimate of drug-likeness (QED) is 0.814. The van der Waals surface area contributed by atoms with Crippen LogP contribution >= 0.6 is 0 Å². The van der Waals surface area contributed by atoms with Gasteiger partial charge in [-0.25, -0.2) is 4.79 Å². The van der Waals surface area contributed by atoms with Crippen LogP contribution in [0.3, 0.4) is 0 Å². The van der Waals surface area contributed by atoms with Gasteiger partial charge in [0.25, 0.3) is 0 Å². The predicted molar refractivity (Wildman–Crippen MR) is 61.9 cm³/mol. The SMILES string of the molecule is COC(=O)c1cccc(-c2nnc(CCO)o2)c1. The van der Waals surface area contributed by atoms with Gasteiger partial charge in [0.05, 0.1) is 19.3 Å². The lowest BCUT2D eigenvalue weighted by atomic mass is 10.1. The molecule has 94 valence electrons. The summed E-state index contributed by atoms with van der Waals surface area (Å²) in [7, 11) is 1.32. The number of nitrogens with zero attached hydrogens (tertiary/aromatic N) is 2. The molecular formula is C12H12N2O4. The smallest absolute Gasteiger partial charge is 0.337 e. The number of benzene rings is 1. The maximum Gasteiger partial charge on any atom is 0.337 e. The number of hydrogen-bond donors (Lipinski definition) is 1. The zero-order valence-electron chi connectivity index (χ0n) is 9.79. The lowest BCUT2D eigenvalue weighted by Crippen LogP contribution is -2.00. The molecule has 0 aliphatic rings. The molecule has 2 rings (SSSR count). The molecule has 2 aromatic rings. The van der Waals surface area contributed by atoms with Gasteiger partial charge in [0.15, 0.2) is 0 Å². The monoisotopic (exact) mass is 248 g/mol. The maximum absolute atomic E-state index is 11.4. The van der Waals surface area contributed by atoms with E-state index in [9.17, 15) is 4.79 Å². The zero-order chi connectivity index (χ0) is 13.0. The summed E-state index contributed by atoms with van der Waals surface area (Å²) in [5.41, 5.74) is 1.05. The topological polar surface area (TPSA) is 85.5 Å². The Kier molecular flexibility index (Phi) is 3.69. The van der Waals surface area contributed by atoms with Crippen molar-refractivity contribution in [3.8, 4) is 11.5 Å². The average Bonchev–Trinajstić information content (AvgIpc) is 2.87. The van der Waals surface area contributed by atoms with Crippen molar-refractivity contribution in [3.63, 3.8) is 0 Å². The van der Waals surface area contributed by atoms with Crippen LogP contribution in [0.2, 0.25) is 0 Å². The summed E-state index contributed by atoms with van der Waals surface area (Å²) >= 11 is 0. The Labute approximate surface area is 103 Å². The molecule has 6 heteroatoms. The number of hydrogen-bond acceptors (Lipinski definition) is 6. The van der Waals surface area contributed by atoms with Gasteiger partial charge in [0.2, 0.25) is 11.8 Å². The summed E-state index contributed by atoms with van der Waals surface area (Å²) in [4.78, 5) is 11.4. The second-order valence-electron chi connectivity index (χ2n) is 3.55. The van der Waals surface area contributed by atoms with Crippen LogP contribution in [0.4, 0.5) is 0 Å². The van der Waals surface area contributed by atoms with Crippen LogP contribution in [0, 0.1) is 0 Å². The average molecular weight is 248 g/mol. The first kappa shape index (κ1) is 12.3. The first-order valence-corrected chi connectivity index (χ1v) is 5.36. The van der Waals surface area contributed by atoms with Gasteiger partial charge < -0.3 is 14.3 Å². The number of rotatable bonds is 4. The van der Waals surface area contributed by atoms with E-state index >= 15 is 0 Å². The van der Waals surface area contributed by atoms with E-state index in [1.165, 1.54) is 7.11 Å². The molecule has 0 bridgehead atoms. The molecule has 0 unspecified atom stereocenters. The summed E-state index contributed by atoms with van der Waals surface area (Å²) in [6.07, 6.45) is 0.309. The van der Waals surface area contributed by atoms with Gasteiger partial charge in [-0.1, -0.05) is 6.07 Å². The third-order valence-electron chi connectivity index (χ3n) is 2.32.